The molecule has 7 heteroatoms. The van der Waals surface area contributed by atoms with Crippen LogP contribution >= 0.6 is 0 Å². The van der Waals surface area contributed by atoms with Crippen molar-refractivity contribution in [3.8, 4) is 5.75 Å². The van der Waals surface area contributed by atoms with Gasteiger partial charge in [0.25, 0.3) is 0 Å². The van der Waals surface area contributed by atoms with E-state index in [0.29, 0.717) is 31.0 Å². The van der Waals surface area contributed by atoms with E-state index >= 15 is 0 Å². The maximum atomic E-state index is 12.4. The first kappa shape index (κ1) is 16.2. The predicted octanol–water partition coefficient (Wildman–Crippen LogP) is 1.37. The standard InChI is InChI=1S/C17H20N4O3/c1-24-14-6-2-4-12(8-14)11-21-15(23)10-19-16-17(21)20-13(9-18-16)5-3-7-22/h2,4,6,8-9,22H,3,5,7,10-11H2,1H3,(H,18,19). The van der Waals surface area contributed by atoms with Crippen molar-refractivity contribution >= 4 is 17.5 Å². The van der Waals surface area contributed by atoms with Gasteiger partial charge in [0.2, 0.25) is 5.91 Å². The van der Waals surface area contributed by atoms with Gasteiger partial charge in [-0.2, -0.15) is 0 Å². The SMILES string of the molecule is COc1cccc(CN2C(=O)CNc3ncc(CCCO)nc32)c1. The predicted molar refractivity (Wildman–Crippen MR) is 90.1 cm³/mol. The average Bonchev–Trinajstić information content (AvgIpc) is 2.62. The number of benzene rings is 1. The summed E-state index contributed by atoms with van der Waals surface area (Å²) >= 11 is 0. The van der Waals surface area contributed by atoms with Gasteiger partial charge < -0.3 is 15.2 Å². The number of hydrogen-bond acceptors (Lipinski definition) is 6. The second-order valence-corrected chi connectivity index (χ2v) is 5.55. The second kappa shape index (κ2) is 7.27. The molecule has 1 aromatic carbocycles. The minimum absolute atomic E-state index is 0.0565. The number of nitrogens with one attached hydrogen (secondary N) is 1. The number of carbonyl (C=O) groups excluding carboxylic acids is 1. The Labute approximate surface area is 140 Å². The highest BCUT2D eigenvalue weighted by Gasteiger charge is 2.26. The Morgan fingerprint density at radius 2 is 2.29 bits per heavy atom. The summed E-state index contributed by atoms with van der Waals surface area (Å²) in [7, 11) is 1.61. The van der Waals surface area contributed by atoms with Crippen molar-refractivity contribution in [1.29, 1.82) is 0 Å². The highest BCUT2D eigenvalue weighted by Crippen LogP contribution is 2.27. The maximum absolute atomic E-state index is 12.4. The third kappa shape index (κ3) is 3.46. The molecule has 2 heterocycles. The summed E-state index contributed by atoms with van der Waals surface area (Å²) in [4.78, 5) is 22.9. The summed E-state index contributed by atoms with van der Waals surface area (Å²) in [5.74, 6) is 1.83. The van der Waals surface area contributed by atoms with Gasteiger partial charge in [-0.05, 0) is 30.5 Å². The molecule has 7 nitrogen and oxygen atoms in total. The first-order valence-corrected chi connectivity index (χ1v) is 7.85. The minimum atomic E-state index is -0.0565. The van der Waals surface area contributed by atoms with Gasteiger partial charge in [-0.1, -0.05) is 12.1 Å². The summed E-state index contributed by atoms with van der Waals surface area (Å²) in [5, 5.41) is 12.0. The largest absolute Gasteiger partial charge is 0.497 e. The fourth-order valence-electron chi connectivity index (χ4n) is 2.60. The van der Waals surface area contributed by atoms with Gasteiger partial charge in [-0.3, -0.25) is 9.69 Å². The Bertz CT molecular complexity index is 736. The number of aryl methyl sites for hydroxylation is 1. The van der Waals surface area contributed by atoms with Crippen LogP contribution in [0.15, 0.2) is 30.5 Å². The number of ether oxygens (including phenoxy) is 1. The van der Waals surface area contributed by atoms with Crippen molar-refractivity contribution in [2.24, 2.45) is 0 Å². The number of anilines is 2. The summed E-state index contributed by atoms with van der Waals surface area (Å²) in [6.07, 6.45) is 2.92. The normalized spacial score (nSPS) is 13.4. The van der Waals surface area contributed by atoms with Crippen LogP contribution in [0.5, 0.6) is 5.75 Å². The quantitative estimate of drug-likeness (QED) is 0.833. The molecule has 1 aromatic heterocycles. The van der Waals surface area contributed by atoms with Gasteiger partial charge in [0.1, 0.15) is 5.75 Å². The molecular weight excluding hydrogens is 308 g/mol. The molecule has 0 saturated carbocycles. The lowest BCUT2D eigenvalue weighted by molar-refractivity contribution is -0.117. The van der Waals surface area contributed by atoms with Gasteiger partial charge >= 0.3 is 0 Å². The van der Waals surface area contributed by atoms with Crippen molar-refractivity contribution < 1.29 is 14.6 Å². The summed E-state index contributed by atoms with van der Waals surface area (Å²) in [6, 6.07) is 7.60. The number of hydrogen-bond donors (Lipinski definition) is 2. The highest BCUT2D eigenvalue weighted by molar-refractivity contribution is 6.00. The number of carbonyl (C=O) groups is 1. The molecule has 0 saturated heterocycles. The molecule has 1 amide bonds. The van der Waals surface area contributed by atoms with E-state index in [4.69, 9.17) is 9.84 Å². The van der Waals surface area contributed by atoms with E-state index in [1.165, 1.54) is 0 Å². The lowest BCUT2D eigenvalue weighted by atomic mass is 10.2. The van der Waals surface area contributed by atoms with Gasteiger partial charge in [0.05, 0.1) is 32.1 Å². The molecule has 2 N–H and O–H groups in total. The van der Waals surface area contributed by atoms with Crippen molar-refractivity contribution in [3.63, 3.8) is 0 Å². The number of fused-ring (bicyclic) bond motifs is 1. The molecule has 0 bridgehead atoms. The summed E-state index contributed by atoms with van der Waals surface area (Å²) < 4.78 is 5.24. The third-order valence-corrected chi connectivity index (χ3v) is 3.83. The molecule has 0 spiro atoms. The Morgan fingerprint density at radius 3 is 3.08 bits per heavy atom. The van der Waals surface area contributed by atoms with Crippen LogP contribution in [0.1, 0.15) is 17.7 Å². The molecule has 1 aliphatic heterocycles. The number of aliphatic hydroxyl groups excluding tert-OH is 1. The van der Waals surface area contributed by atoms with E-state index in [1.807, 2.05) is 24.3 Å². The lowest BCUT2D eigenvalue weighted by Gasteiger charge is -2.28. The number of aliphatic hydroxyl groups is 1. The Morgan fingerprint density at radius 1 is 1.42 bits per heavy atom. The van der Waals surface area contributed by atoms with E-state index in [1.54, 1.807) is 18.2 Å². The molecule has 0 unspecified atom stereocenters. The van der Waals surface area contributed by atoms with E-state index in [9.17, 15) is 4.79 Å². The molecule has 126 valence electrons. The number of nitrogens with zero attached hydrogens (tertiary/aromatic N) is 3. The molecule has 0 radical (unpaired) electrons. The molecule has 24 heavy (non-hydrogen) atoms. The molecule has 0 atom stereocenters. The third-order valence-electron chi connectivity index (χ3n) is 3.83. The van der Waals surface area contributed by atoms with Crippen molar-refractivity contribution in [2.75, 3.05) is 30.5 Å². The van der Waals surface area contributed by atoms with Crippen LogP contribution in [0, 0.1) is 0 Å². The molecule has 1 aliphatic rings. The fourth-order valence-corrected chi connectivity index (χ4v) is 2.60. The first-order chi connectivity index (χ1) is 11.7. The van der Waals surface area contributed by atoms with Crippen LogP contribution in [0.4, 0.5) is 11.6 Å². The molecule has 3 rings (SSSR count). The van der Waals surface area contributed by atoms with Crippen LogP contribution in [0.2, 0.25) is 0 Å². The van der Waals surface area contributed by atoms with E-state index < -0.39 is 0 Å². The smallest absolute Gasteiger partial charge is 0.247 e. The molecule has 0 aliphatic carbocycles. The number of methoxy groups -OCH3 is 1. The van der Waals surface area contributed by atoms with Crippen molar-refractivity contribution in [2.45, 2.75) is 19.4 Å². The van der Waals surface area contributed by atoms with Crippen LogP contribution in [-0.4, -0.2) is 41.2 Å². The molecular formula is C17H20N4O3. The summed E-state index contributed by atoms with van der Waals surface area (Å²) in [5.41, 5.74) is 1.72. The monoisotopic (exact) mass is 328 g/mol. The van der Waals surface area contributed by atoms with Gasteiger partial charge in [-0.15, -0.1) is 0 Å². The molecule has 0 fully saturated rings. The first-order valence-electron chi connectivity index (χ1n) is 7.85. The summed E-state index contributed by atoms with van der Waals surface area (Å²) in [6.45, 7) is 0.702. The number of aromatic nitrogens is 2. The maximum Gasteiger partial charge on any atom is 0.247 e. The second-order valence-electron chi connectivity index (χ2n) is 5.55. The van der Waals surface area contributed by atoms with Crippen molar-refractivity contribution in [3.05, 3.63) is 41.7 Å². The zero-order chi connectivity index (χ0) is 16.9. The van der Waals surface area contributed by atoms with Crippen LogP contribution in [-0.2, 0) is 17.8 Å². The van der Waals surface area contributed by atoms with E-state index in [2.05, 4.69) is 15.3 Å². The topological polar surface area (TPSA) is 87.6 Å². The molecule has 2 aromatic rings. The van der Waals surface area contributed by atoms with Gasteiger partial charge in [0.15, 0.2) is 11.6 Å². The Balaban J connectivity index is 1.88. The van der Waals surface area contributed by atoms with Gasteiger partial charge in [0, 0.05) is 6.61 Å². The zero-order valence-electron chi connectivity index (χ0n) is 13.5. The number of rotatable bonds is 6. The Kier molecular flexibility index (Phi) is 4.90. The van der Waals surface area contributed by atoms with E-state index in [-0.39, 0.29) is 19.1 Å². The Hall–Kier alpha value is -2.67. The van der Waals surface area contributed by atoms with Gasteiger partial charge in [-0.25, -0.2) is 9.97 Å². The van der Waals surface area contributed by atoms with Crippen molar-refractivity contribution in [1.82, 2.24) is 9.97 Å². The number of amides is 1. The van der Waals surface area contributed by atoms with Crippen LogP contribution < -0.4 is 15.0 Å². The van der Waals surface area contributed by atoms with E-state index in [0.717, 1.165) is 17.0 Å². The zero-order valence-corrected chi connectivity index (χ0v) is 13.5. The van der Waals surface area contributed by atoms with Crippen LogP contribution in [0.25, 0.3) is 0 Å². The fraction of sp³-hybridized carbons (Fsp3) is 0.353. The lowest BCUT2D eigenvalue weighted by Crippen LogP contribution is -2.40. The minimum Gasteiger partial charge on any atom is -0.497 e. The average molecular weight is 328 g/mol. The highest BCUT2D eigenvalue weighted by atomic mass is 16.5. The van der Waals surface area contributed by atoms with Crippen LogP contribution in [0.3, 0.4) is 0 Å².